The fourth-order valence-electron chi connectivity index (χ4n) is 1.83. The van der Waals surface area contributed by atoms with Crippen molar-refractivity contribution in [1.82, 2.24) is 0 Å². The molecule has 98 valence electrons. The van der Waals surface area contributed by atoms with Crippen molar-refractivity contribution in [1.29, 1.82) is 0 Å². The second-order valence-corrected chi connectivity index (χ2v) is 5.58. The Bertz CT molecular complexity index is 572. The molecule has 0 atom stereocenters. The standard InChI is InChI=1S/C14H14N2OS2/c18-11-3-1-10(2-4-11)16-19-12-5-6-13-14(9-12)17-8-7-15-13/h1-6,9,15-16,18H,7-8H2. The van der Waals surface area contributed by atoms with E-state index in [0.717, 1.165) is 40.1 Å². The molecule has 3 nitrogen and oxygen atoms in total. The van der Waals surface area contributed by atoms with E-state index >= 15 is 0 Å². The highest BCUT2D eigenvalue weighted by Gasteiger charge is 2.09. The topological polar surface area (TPSA) is 33.3 Å². The number of nitrogens with one attached hydrogen (secondary N) is 2. The second-order valence-electron chi connectivity index (χ2n) is 4.18. The molecule has 0 amide bonds. The summed E-state index contributed by atoms with van der Waals surface area (Å²) in [7, 11) is 0. The average molecular weight is 290 g/mol. The summed E-state index contributed by atoms with van der Waals surface area (Å²) < 4.78 is 8.92. The minimum Gasteiger partial charge on any atom is -0.490 e. The minimum absolute atomic E-state index is 0.720. The van der Waals surface area contributed by atoms with E-state index in [2.05, 4.69) is 34.8 Å². The first-order valence-electron chi connectivity index (χ1n) is 6.04. The summed E-state index contributed by atoms with van der Waals surface area (Å²) in [6, 6.07) is 14.1. The lowest BCUT2D eigenvalue weighted by atomic mass is 10.2. The van der Waals surface area contributed by atoms with Crippen molar-refractivity contribution in [2.24, 2.45) is 0 Å². The van der Waals surface area contributed by atoms with E-state index in [1.54, 1.807) is 11.9 Å². The van der Waals surface area contributed by atoms with Gasteiger partial charge in [-0.25, -0.2) is 0 Å². The lowest BCUT2D eigenvalue weighted by molar-refractivity contribution is 0.322. The van der Waals surface area contributed by atoms with Crippen LogP contribution in [0.25, 0.3) is 0 Å². The Morgan fingerprint density at radius 2 is 2.00 bits per heavy atom. The van der Waals surface area contributed by atoms with Gasteiger partial charge in [-0.1, -0.05) is 0 Å². The maximum Gasteiger partial charge on any atom is 0.143 e. The number of ether oxygens (including phenoxy) is 1. The zero-order valence-electron chi connectivity index (χ0n) is 10.2. The van der Waals surface area contributed by atoms with Crippen LogP contribution in [-0.2, 0) is 0 Å². The molecule has 0 fully saturated rings. The van der Waals surface area contributed by atoms with E-state index in [-0.39, 0.29) is 0 Å². The van der Waals surface area contributed by atoms with Crippen LogP contribution < -0.4 is 14.8 Å². The van der Waals surface area contributed by atoms with E-state index in [1.807, 2.05) is 30.3 Å². The second kappa shape index (κ2) is 5.67. The van der Waals surface area contributed by atoms with Gasteiger partial charge in [-0.15, -0.1) is 12.6 Å². The summed E-state index contributed by atoms with van der Waals surface area (Å²) in [5.41, 5.74) is 2.12. The van der Waals surface area contributed by atoms with Gasteiger partial charge in [-0.2, -0.15) is 0 Å². The van der Waals surface area contributed by atoms with Crippen LogP contribution in [0.4, 0.5) is 11.4 Å². The van der Waals surface area contributed by atoms with Crippen LogP contribution in [0.3, 0.4) is 0 Å². The van der Waals surface area contributed by atoms with Crippen LogP contribution in [0.2, 0.25) is 0 Å². The molecule has 0 saturated carbocycles. The van der Waals surface area contributed by atoms with Gasteiger partial charge in [0.05, 0.1) is 5.69 Å². The van der Waals surface area contributed by atoms with Crippen molar-refractivity contribution in [3.05, 3.63) is 42.5 Å². The molecule has 3 rings (SSSR count). The van der Waals surface area contributed by atoms with Crippen LogP contribution in [0.15, 0.2) is 52.3 Å². The van der Waals surface area contributed by atoms with E-state index in [4.69, 9.17) is 4.74 Å². The molecular weight excluding hydrogens is 276 g/mol. The van der Waals surface area contributed by atoms with E-state index in [1.165, 1.54) is 0 Å². The van der Waals surface area contributed by atoms with Crippen LogP contribution in [0.5, 0.6) is 5.75 Å². The maximum atomic E-state index is 5.62. The van der Waals surface area contributed by atoms with E-state index < -0.39 is 0 Å². The highest BCUT2D eigenvalue weighted by molar-refractivity contribution is 8.00. The van der Waals surface area contributed by atoms with E-state index in [0.29, 0.717) is 0 Å². The third-order valence-electron chi connectivity index (χ3n) is 2.78. The smallest absolute Gasteiger partial charge is 0.143 e. The number of hydrogen-bond acceptors (Lipinski definition) is 5. The summed E-state index contributed by atoms with van der Waals surface area (Å²) in [5, 5.41) is 3.31. The van der Waals surface area contributed by atoms with Gasteiger partial charge in [0.25, 0.3) is 0 Å². The molecule has 1 aliphatic heterocycles. The van der Waals surface area contributed by atoms with E-state index in [9.17, 15) is 0 Å². The Morgan fingerprint density at radius 1 is 1.16 bits per heavy atom. The highest BCUT2D eigenvalue weighted by Crippen LogP contribution is 2.32. The quantitative estimate of drug-likeness (QED) is 0.591. The molecule has 1 aliphatic rings. The predicted molar refractivity (Wildman–Crippen MR) is 83.6 cm³/mol. The number of hydrogen-bond donors (Lipinski definition) is 3. The lowest BCUT2D eigenvalue weighted by Crippen LogP contribution is -2.17. The molecule has 0 aromatic heterocycles. The fraction of sp³-hybridized carbons (Fsp3) is 0.143. The third kappa shape index (κ3) is 3.11. The molecule has 0 aliphatic carbocycles. The van der Waals surface area contributed by atoms with Gasteiger partial charge in [-0.05, 0) is 54.4 Å². The first-order valence-corrected chi connectivity index (χ1v) is 7.30. The number of benzene rings is 2. The summed E-state index contributed by atoms with van der Waals surface area (Å²) in [6.07, 6.45) is 0. The van der Waals surface area contributed by atoms with Crippen LogP contribution >= 0.6 is 24.6 Å². The molecule has 1 heterocycles. The summed E-state index contributed by atoms with van der Waals surface area (Å²) in [5.74, 6) is 0.920. The lowest BCUT2D eigenvalue weighted by Gasteiger charge is -2.19. The molecule has 0 unspecified atom stereocenters. The van der Waals surface area contributed by atoms with Crippen molar-refractivity contribution >= 4 is 36.0 Å². The zero-order valence-corrected chi connectivity index (χ0v) is 11.9. The van der Waals surface area contributed by atoms with Crippen LogP contribution in [-0.4, -0.2) is 13.2 Å². The summed E-state index contributed by atoms with van der Waals surface area (Å²) in [6.45, 7) is 1.59. The van der Waals surface area contributed by atoms with Gasteiger partial charge in [0, 0.05) is 22.0 Å². The number of thiol groups is 1. The van der Waals surface area contributed by atoms with Gasteiger partial charge in [0.15, 0.2) is 0 Å². The van der Waals surface area contributed by atoms with Crippen molar-refractivity contribution in [3.63, 3.8) is 0 Å². The summed E-state index contributed by atoms with van der Waals surface area (Å²) >= 11 is 5.84. The highest BCUT2D eigenvalue weighted by atomic mass is 32.2. The third-order valence-corrected chi connectivity index (χ3v) is 3.91. The molecule has 2 aromatic rings. The molecule has 0 bridgehead atoms. The van der Waals surface area contributed by atoms with Crippen LogP contribution in [0.1, 0.15) is 0 Å². The molecule has 19 heavy (non-hydrogen) atoms. The van der Waals surface area contributed by atoms with Gasteiger partial charge in [0.2, 0.25) is 0 Å². The monoisotopic (exact) mass is 290 g/mol. The van der Waals surface area contributed by atoms with Crippen molar-refractivity contribution < 1.29 is 4.74 Å². The first-order chi connectivity index (χ1) is 9.31. The molecule has 5 heteroatoms. The predicted octanol–water partition coefficient (Wildman–Crippen LogP) is 3.90. The maximum absolute atomic E-state index is 5.62. The molecule has 2 aromatic carbocycles. The SMILES string of the molecule is Sc1ccc(NSc2ccc3c(c2)OCCN3)cc1. The molecule has 0 saturated heterocycles. The molecule has 2 N–H and O–H groups in total. The Morgan fingerprint density at radius 3 is 2.84 bits per heavy atom. The largest absolute Gasteiger partial charge is 0.490 e. The van der Waals surface area contributed by atoms with Gasteiger partial charge < -0.3 is 14.8 Å². The van der Waals surface area contributed by atoms with Crippen molar-refractivity contribution in [2.45, 2.75) is 9.79 Å². The molecule has 0 radical (unpaired) electrons. The fourth-order valence-corrected chi connectivity index (χ4v) is 2.65. The van der Waals surface area contributed by atoms with Crippen molar-refractivity contribution in [2.75, 3.05) is 23.2 Å². The molecular formula is C14H14N2OS2. The van der Waals surface area contributed by atoms with Crippen LogP contribution in [0, 0.1) is 0 Å². The average Bonchev–Trinajstić information content (AvgIpc) is 2.46. The Kier molecular flexibility index (Phi) is 3.75. The van der Waals surface area contributed by atoms with Crippen molar-refractivity contribution in [3.8, 4) is 5.75 Å². The Labute approximate surface area is 122 Å². The normalized spacial score (nSPS) is 13.1. The summed E-state index contributed by atoms with van der Waals surface area (Å²) in [4.78, 5) is 2.08. The molecule has 0 spiro atoms. The Balaban J connectivity index is 1.68. The van der Waals surface area contributed by atoms with Gasteiger partial charge >= 0.3 is 0 Å². The van der Waals surface area contributed by atoms with Gasteiger partial charge in [-0.3, -0.25) is 0 Å². The number of fused-ring (bicyclic) bond motifs is 1. The van der Waals surface area contributed by atoms with Gasteiger partial charge in [0.1, 0.15) is 12.4 Å². The number of anilines is 2. The minimum atomic E-state index is 0.720. The number of rotatable bonds is 3. The first kappa shape index (κ1) is 12.6. The Hall–Kier alpha value is -1.46. The zero-order chi connectivity index (χ0) is 13.1.